The third-order valence-electron chi connectivity index (χ3n) is 2.94. The predicted molar refractivity (Wildman–Crippen MR) is 161 cm³/mol. The molecule has 2 rings (SSSR count). The van der Waals surface area contributed by atoms with E-state index >= 15 is 0 Å². The van der Waals surface area contributed by atoms with Gasteiger partial charge in [-0.2, -0.15) is 0 Å². The summed E-state index contributed by atoms with van der Waals surface area (Å²) in [6.07, 6.45) is 5.36. The van der Waals surface area contributed by atoms with Crippen molar-refractivity contribution in [2.45, 2.75) is 118 Å². The minimum atomic E-state index is 0. The van der Waals surface area contributed by atoms with Crippen LogP contribution in [-0.4, -0.2) is 0 Å². The lowest BCUT2D eigenvalue weighted by Gasteiger charge is -1.88. The number of benzene rings is 1. The van der Waals surface area contributed by atoms with Crippen LogP contribution in [0.25, 0.3) is 0 Å². The molecule has 0 amide bonds. The zero-order valence-electron chi connectivity index (χ0n) is 23.4. The second-order valence-corrected chi connectivity index (χ2v) is 5.82. The first-order valence-corrected chi connectivity index (χ1v) is 11.7. The van der Waals surface area contributed by atoms with Crippen molar-refractivity contribution in [2.24, 2.45) is 0 Å². The molecular formula is C30H66N3+. The number of anilines is 1. The van der Waals surface area contributed by atoms with Gasteiger partial charge in [0.2, 0.25) is 0 Å². The van der Waals surface area contributed by atoms with Gasteiger partial charge in [0.15, 0.2) is 12.4 Å². The molecule has 33 heavy (non-hydrogen) atoms. The van der Waals surface area contributed by atoms with Crippen LogP contribution in [0.4, 0.5) is 5.69 Å². The first kappa shape index (κ1) is 52.7. The Morgan fingerprint density at radius 3 is 1.06 bits per heavy atom. The number of nitrogen functional groups attached to an aromatic ring is 1. The lowest BCUT2D eigenvalue weighted by molar-refractivity contribution is -0.693. The summed E-state index contributed by atoms with van der Waals surface area (Å²) in [4.78, 5) is 0. The summed E-state index contributed by atoms with van der Waals surface area (Å²) < 4.78 is 2.12. The van der Waals surface area contributed by atoms with E-state index in [1.54, 1.807) is 0 Å². The van der Waals surface area contributed by atoms with Gasteiger partial charge in [-0.3, -0.25) is 0 Å². The van der Waals surface area contributed by atoms with Gasteiger partial charge in [0.25, 0.3) is 0 Å². The molecule has 0 bridgehead atoms. The van der Waals surface area contributed by atoms with Gasteiger partial charge < -0.3 is 11.9 Å². The summed E-state index contributed by atoms with van der Waals surface area (Å²) in [5.41, 5.74) is 9.03. The molecule has 1 aromatic heterocycles. The molecular weight excluding hydrogens is 402 g/mol. The summed E-state index contributed by atoms with van der Waals surface area (Å²) in [5.74, 6) is 0. The van der Waals surface area contributed by atoms with E-state index in [1.807, 2.05) is 90.1 Å². The van der Waals surface area contributed by atoms with E-state index in [0.29, 0.717) is 0 Å². The number of aryl methyl sites for hydroxylation is 1. The number of aromatic nitrogens is 1. The van der Waals surface area contributed by atoms with Crippen LogP contribution in [0.2, 0.25) is 0 Å². The van der Waals surface area contributed by atoms with E-state index < -0.39 is 0 Å². The standard InChI is InChI=1S/C7H10N.C6H7N.C6H12.C3H8.3C2H6.2CH4.H3N/c1-2-8-6-4-3-5-7-8;7-6-4-2-1-3-5-6;1-5(2)6(3)4;1-3-2;3*1-2;;;/h3-7H,2H2,1H3;1-5H,7H2;1-4H3;3H2,1-2H3;3*1-2H3;2*1H4;1H3/q+1;;;;;;;;;. The highest BCUT2D eigenvalue weighted by molar-refractivity contribution is 5.35. The van der Waals surface area contributed by atoms with Crippen LogP contribution in [0.1, 0.15) is 111 Å². The number of hydrogen-bond donors (Lipinski definition) is 2. The Hall–Kier alpha value is -2.13. The van der Waals surface area contributed by atoms with Crippen molar-refractivity contribution >= 4 is 5.69 Å². The summed E-state index contributed by atoms with van der Waals surface area (Å²) in [6, 6.07) is 15.6. The van der Waals surface area contributed by atoms with Crippen LogP contribution >= 0.6 is 0 Å². The molecule has 0 aliphatic heterocycles. The molecule has 3 nitrogen and oxygen atoms in total. The smallest absolute Gasteiger partial charge is 0.168 e. The number of rotatable bonds is 1. The summed E-state index contributed by atoms with van der Waals surface area (Å²) in [6.45, 7) is 27.9. The van der Waals surface area contributed by atoms with Gasteiger partial charge in [-0.1, -0.05) is 112 Å². The van der Waals surface area contributed by atoms with E-state index in [9.17, 15) is 0 Å². The van der Waals surface area contributed by atoms with Gasteiger partial charge >= 0.3 is 0 Å². The molecule has 0 atom stereocenters. The van der Waals surface area contributed by atoms with Crippen molar-refractivity contribution in [1.82, 2.24) is 6.15 Å². The van der Waals surface area contributed by atoms with E-state index in [2.05, 4.69) is 65.4 Å². The van der Waals surface area contributed by atoms with E-state index in [0.717, 1.165) is 12.2 Å². The lowest BCUT2D eigenvalue weighted by atomic mass is 10.2. The Kier molecular flexibility index (Phi) is 83.1. The van der Waals surface area contributed by atoms with E-state index in [1.165, 1.54) is 17.6 Å². The van der Waals surface area contributed by atoms with Crippen molar-refractivity contribution in [3.05, 3.63) is 72.1 Å². The monoisotopic (exact) mass is 469 g/mol. The lowest BCUT2D eigenvalue weighted by Crippen LogP contribution is -2.30. The third-order valence-corrected chi connectivity index (χ3v) is 2.94. The van der Waals surface area contributed by atoms with Gasteiger partial charge in [-0.25, -0.2) is 4.57 Å². The zero-order chi connectivity index (χ0) is 24.8. The molecule has 3 heteroatoms. The number of nitrogens with zero attached hydrogens (tertiary/aromatic N) is 1. The number of allylic oxidation sites excluding steroid dienone is 2. The van der Waals surface area contributed by atoms with Crippen LogP contribution in [0.3, 0.4) is 0 Å². The number of hydrogen-bond acceptors (Lipinski definition) is 2. The second-order valence-electron chi connectivity index (χ2n) is 5.82. The zero-order valence-corrected chi connectivity index (χ0v) is 23.4. The van der Waals surface area contributed by atoms with Crippen LogP contribution in [-0.2, 0) is 6.54 Å². The van der Waals surface area contributed by atoms with Gasteiger partial charge in [0.1, 0.15) is 6.54 Å². The Labute approximate surface area is 212 Å². The van der Waals surface area contributed by atoms with Crippen LogP contribution in [0, 0.1) is 0 Å². The summed E-state index contributed by atoms with van der Waals surface area (Å²) in [7, 11) is 0. The molecule has 2 aromatic rings. The molecule has 0 radical (unpaired) electrons. The van der Waals surface area contributed by atoms with Crippen molar-refractivity contribution in [3.8, 4) is 0 Å². The maximum Gasteiger partial charge on any atom is 0.168 e. The van der Waals surface area contributed by atoms with Crippen molar-refractivity contribution in [2.75, 3.05) is 5.73 Å². The molecule has 0 saturated carbocycles. The molecule has 0 aliphatic rings. The first-order valence-electron chi connectivity index (χ1n) is 11.7. The Morgan fingerprint density at radius 2 is 0.909 bits per heavy atom. The average molecular weight is 469 g/mol. The Morgan fingerprint density at radius 1 is 0.636 bits per heavy atom. The van der Waals surface area contributed by atoms with E-state index in [-0.39, 0.29) is 21.0 Å². The minimum absolute atomic E-state index is 0. The molecule has 0 spiro atoms. The summed E-state index contributed by atoms with van der Waals surface area (Å²) in [5, 5.41) is 0. The first-order chi connectivity index (χ1) is 14.4. The van der Waals surface area contributed by atoms with Crippen LogP contribution < -0.4 is 16.5 Å². The molecule has 200 valence electrons. The maximum absolute atomic E-state index is 5.36. The van der Waals surface area contributed by atoms with Crippen molar-refractivity contribution < 1.29 is 4.57 Å². The van der Waals surface area contributed by atoms with Crippen LogP contribution in [0.15, 0.2) is 72.1 Å². The third kappa shape index (κ3) is 58.8. The molecule has 0 unspecified atom stereocenters. The molecule has 0 aliphatic carbocycles. The van der Waals surface area contributed by atoms with Gasteiger partial charge in [0, 0.05) is 17.8 Å². The second kappa shape index (κ2) is 52.1. The predicted octanol–water partition coefficient (Wildman–Crippen LogP) is 10.6. The maximum atomic E-state index is 5.36. The fourth-order valence-corrected chi connectivity index (χ4v) is 1.10. The Balaban J connectivity index is -0.0000000391. The molecule has 1 aromatic carbocycles. The largest absolute Gasteiger partial charge is 0.399 e. The molecule has 0 saturated heterocycles. The molecule has 1 heterocycles. The number of nitrogens with two attached hydrogens (primary N) is 1. The highest BCUT2D eigenvalue weighted by Crippen LogP contribution is 1.97. The minimum Gasteiger partial charge on any atom is -0.399 e. The fourth-order valence-electron chi connectivity index (χ4n) is 1.10. The number of para-hydroxylation sites is 1. The number of pyridine rings is 1. The highest BCUT2D eigenvalue weighted by atomic mass is 14.9. The normalized spacial score (nSPS) is 6.58. The molecule has 0 fully saturated rings. The van der Waals surface area contributed by atoms with Gasteiger partial charge in [-0.15, -0.1) is 0 Å². The molecule has 5 N–H and O–H groups in total. The van der Waals surface area contributed by atoms with Gasteiger partial charge in [-0.05, 0) is 46.8 Å². The highest BCUT2D eigenvalue weighted by Gasteiger charge is 1.86. The van der Waals surface area contributed by atoms with Crippen molar-refractivity contribution in [3.63, 3.8) is 0 Å². The topological polar surface area (TPSA) is 64.9 Å². The fraction of sp³-hybridized carbons (Fsp3) is 0.567. The van der Waals surface area contributed by atoms with Gasteiger partial charge in [0.05, 0.1) is 0 Å². The Bertz CT molecular complexity index is 503. The van der Waals surface area contributed by atoms with E-state index in [4.69, 9.17) is 5.73 Å². The SMILES string of the molecule is C.C.CC.CC.CC.CC(C)=C(C)C.CCC.CC[n+]1ccccc1.N.Nc1ccccc1. The van der Waals surface area contributed by atoms with Crippen molar-refractivity contribution in [1.29, 1.82) is 0 Å². The quantitative estimate of drug-likeness (QED) is 0.248. The summed E-state index contributed by atoms with van der Waals surface area (Å²) >= 11 is 0. The average Bonchev–Trinajstić information content (AvgIpc) is 2.80. The van der Waals surface area contributed by atoms with Crippen LogP contribution in [0.5, 0.6) is 0 Å².